The van der Waals surface area contributed by atoms with Crippen LogP contribution in [-0.2, 0) is 0 Å². The quantitative estimate of drug-likeness (QED) is 0.574. The molecule has 0 saturated heterocycles. The molecule has 1 aliphatic carbocycles. The van der Waals surface area contributed by atoms with Gasteiger partial charge in [-0.15, -0.1) is 0 Å². The molecule has 0 spiro atoms. The Morgan fingerprint density at radius 3 is 2.50 bits per heavy atom. The highest BCUT2D eigenvalue weighted by molar-refractivity contribution is 9.09. The van der Waals surface area contributed by atoms with Crippen LogP contribution in [0.25, 0.3) is 0 Å². The molecule has 1 aliphatic rings. The fourth-order valence-corrected chi connectivity index (χ4v) is 3.05. The molecular formula is C9H17Br. The maximum absolute atomic E-state index is 3.59. The van der Waals surface area contributed by atoms with E-state index in [4.69, 9.17) is 0 Å². The number of hydrogen-bond donors (Lipinski definition) is 0. The monoisotopic (exact) mass is 204 g/mol. The van der Waals surface area contributed by atoms with E-state index in [1.54, 1.807) is 0 Å². The molecule has 0 radical (unpaired) electrons. The van der Waals surface area contributed by atoms with E-state index in [0.29, 0.717) is 5.41 Å². The molecule has 0 heterocycles. The van der Waals surface area contributed by atoms with Gasteiger partial charge in [-0.25, -0.2) is 0 Å². The van der Waals surface area contributed by atoms with Crippen molar-refractivity contribution in [1.29, 1.82) is 0 Å². The lowest BCUT2D eigenvalue weighted by molar-refractivity contribution is 0.159. The number of hydrogen-bond acceptors (Lipinski definition) is 0. The van der Waals surface area contributed by atoms with Gasteiger partial charge in [0.1, 0.15) is 0 Å². The van der Waals surface area contributed by atoms with Crippen LogP contribution < -0.4 is 0 Å². The van der Waals surface area contributed by atoms with Crippen molar-refractivity contribution in [2.75, 3.05) is 5.33 Å². The Bertz CT molecular complexity index is 107. The molecule has 1 unspecified atom stereocenters. The van der Waals surface area contributed by atoms with Gasteiger partial charge in [0.15, 0.2) is 0 Å². The zero-order valence-corrected chi connectivity index (χ0v) is 8.58. The van der Waals surface area contributed by atoms with Crippen LogP contribution in [0.2, 0.25) is 0 Å². The Kier molecular flexibility index (Phi) is 2.79. The van der Waals surface area contributed by atoms with E-state index in [9.17, 15) is 0 Å². The minimum absolute atomic E-state index is 0.599. The van der Waals surface area contributed by atoms with Crippen LogP contribution in [0, 0.1) is 11.3 Å². The van der Waals surface area contributed by atoms with E-state index in [2.05, 4.69) is 29.8 Å². The van der Waals surface area contributed by atoms with E-state index in [0.717, 1.165) is 5.92 Å². The first-order chi connectivity index (χ1) is 4.67. The van der Waals surface area contributed by atoms with Gasteiger partial charge < -0.3 is 0 Å². The van der Waals surface area contributed by atoms with Crippen LogP contribution in [0.4, 0.5) is 0 Å². The second kappa shape index (κ2) is 3.25. The Labute approximate surface area is 72.5 Å². The molecule has 0 amide bonds. The summed E-state index contributed by atoms with van der Waals surface area (Å²) in [6.07, 6.45) is 5.73. The van der Waals surface area contributed by atoms with Gasteiger partial charge in [-0.1, -0.05) is 42.6 Å². The molecule has 0 aromatic heterocycles. The molecule has 0 aromatic rings. The van der Waals surface area contributed by atoms with Crippen LogP contribution in [-0.4, -0.2) is 5.33 Å². The number of halogens is 1. The molecular weight excluding hydrogens is 188 g/mol. The molecule has 0 N–H and O–H groups in total. The van der Waals surface area contributed by atoms with Crippen LogP contribution in [0.15, 0.2) is 0 Å². The number of rotatable bonds is 1. The van der Waals surface area contributed by atoms with Crippen LogP contribution >= 0.6 is 15.9 Å². The molecule has 0 aromatic carbocycles. The third-order valence-corrected chi connectivity index (χ3v) is 3.70. The molecule has 1 rings (SSSR count). The lowest BCUT2D eigenvalue weighted by Gasteiger charge is -2.37. The van der Waals surface area contributed by atoms with Gasteiger partial charge in [0.2, 0.25) is 0 Å². The molecule has 0 bridgehead atoms. The van der Waals surface area contributed by atoms with Crippen LogP contribution in [0.1, 0.15) is 39.5 Å². The Hall–Kier alpha value is 0.480. The third-order valence-electron chi connectivity index (χ3n) is 2.92. The first kappa shape index (κ1) is 8.58. The highest BCUT2D eigenvalue weighted by Gasteiger charge is 2.30. The van der Waals surface area contributed by atoms with Crippen molar-refractivity contribution in [2.45, 2.75) is 39.5 Å². The average molecular weight is 205 g/mol. The van der Waals surface area contributed by atoms with Crippen LogP contribution in [0.3, 0.4) is 0 Å². The van der Waals surface area contributed by atoms with Gasteiger partial charge >= 0.3 is 0 Å². The Balaban J connectivity index is 2.51. The Morgan fingerprint density at radius 2 is 2.10 bits per heavy atom. The second-order valence-electron chi connectivity index (χ2n) is 4.09. The molecule has 1 fully saturated rings. The normalized spacial score (nSPS) is 32.1. The van der Waals surface area contributed by atoms with Crippen molar-refractivity contribution in [1.82, 2.24) is 0 Å². The van der Waals surface area contributed by atoms with E-state index >= 15 is 0 Å². The third kappa shape index (κ3) is 1.75. The predicted molar refractivity (Wildman–Crippen MR) is 49.5 cm³/mol. The lowest BCUT2D eigenvalue weighted by atomic mass is 9.70. The van der Waals surface area contributed by atoms with E-state index < -0.39 is 0 Å². The summed E-state index contributed by atoms with van der Waals surface area (Å²) in [7, 11) is 0. The molecule has 0 nitrogen and oxygen atoms in total. The summed E-state index contributed by atoms with van der Waals surface area (Å²) in [6, 6.07) is 0. The van der Waals surface area contributed by atoms with Crippen molar-refractivity contribution in [3.05, 3.63) is 0 Å². The fourth-order valence-electron chi connectivity index (χ4n) is 1.85. The zero-order chi connectivity index (χ0) is 7.61. The van der Waals surface area contributed by atoms with Gasteiger partial charge in [0, 0.05) is 5.33 Å². The lowest BCUT2D eigenvalue weighted by Crippen LogP contribution is -2.28. The van der Waals surface area contributed by atoms with Gasteiger partial charge in [0.25, 0.3) is 0 Å². The van der Waals surface area contributed by atoms with E-state index in [1.165, 1.54) is 31.0 Å². The summed E-state index contributed by atoms with van der Waals surface area (Å²) in [5, 5.41) is 1.19. The molecule has 1 saturated carbocycles. The molecule has 0 aliphatic heterocycles. The number of alkyl halides is 1. The minimum Gasteiger partial charge on any atom is -0.0925 e. The largest absolute Gasteiger partial charge is 0.0925 e. The topological polar surface area (TPSA) is 0 Å². The van der Waals surface area contributed by atoms with Gasteiger partial charge in [-0.2, -0.15) is 0 Å². The van der Waals surface area contributed by atoms with Gasteiger partial charge in [0.05, 0.1) is 0 Å². The summed E-state index contributed by atoms with van der Waals surface area (Å²) in [6.45, 7) is 4.80. The standard InChI is InChI=1S/C9H17Br/c1-9(2)6-4-3-5-8(9)7-10/h8H,3-7H2,1-2H3. The fraction of sp³-hybridized carbons (Fsp3) is 1.00. The van der Waals surface area contributed by atoms with Gasteiger partial charge in [-0.05, 0) is 24.2 Å². The van der Waals surface area contributed by atoms with Crippen LogP contribution in [0.5, 0.6) is 0 Å². The summed E-state index contributed by atoms with van der Waals surface area (Å²) in [5.41, 5.74) is 0.599. The molecule has 1 atom stereocenters. The van der Waals surface area contributed by atoms with Crippen molar-refractivity contribution >= 4 is 15.9 Å². The first-order valence-electron chi connectivity index (χ1n) is 4.23. The molecule has 60 valence electrons. The average Bonchev–Trinajstić information content (AvgIpc) is 1.87. The van der Waals surface area contributed by atoms with Crippen molar-refractivity contribution in [3.63, 3.8) is 0 Å². The summed E-state index contributed by atoms with van der Waals surface area (Å²) < 4.78 is 0. The Morgan fingerprint density at radius 1 is 1.40 bits per heavy atom. The maximum Gasteiger partial charge on any atom is 0.00647 e. The summed E-state index contributed by atoms with van der Waals surface area (Å²) >= 11 is 3.59. The SMILES string of the molecule is CC1(C)CCCCC1CBr. The van der Waals surface area contributed by atoms with Crippen molar-refractivity contribution < 1.29 is 0 Å². The highest BCUT2D eigenvalue weighted by atomic mass is 79.9. The highest BCUT2D eigenvalue weighted by Crippen LogP contribution is 2.41. The summed E-state index contributed by atoms with van der Waals surface area (Å²) in [4.78, 5) is 0. The van der Waals surface area contributed by atoms with E-state index in [1.807, 2.05) is 0 Å². The molecule has 10 heavy (non-hydrogen) atoms. The van der Waals surface area contributed by atoms with E-state index in [-0.39, 0.29) is 0 Å². The zero-order valence-electron chi connectivity index (χ0n) is 6.99. The van der Waals surface area contributed by atoms with Gasteiger partial charge in [-0.3, -0.25) is 0 Å². The maximum atomic E-state index is 3.59. The smallest absolute Gasteiger partial charge is 0.00647 e. The first-order valence-corrected chi connectivity index (χ1v) is 5.35. The van der Waals surface area contributed by atoms with Crippen molar-refractivity contribution in [2.24, 2.45) is 11.3 Å². The molecule has 1 heteroatoms. The van der Waals surface area contributed by atoms with Crippen molar-refractivity contribution in [3.8, 4) is 0 Å². The minimum atomic E-state index is 0.599. The second-order valence-corrected chi connectivity index (χ2v) is 4.73. The predicted octanol–water partition coefficient (Wildman–Crippen LogP) is 3.60. The summed E-state index contributed by atoms with van der Waals surface area (Å²) in [5.74, 6) is 0.918.